The van der Waals surface area contributed by atoms with Crippen LogP contribution in [-0.4, -0.2) is 102 Å². The Hall–Kier alpha value is -6.22. The van der Waals surface area contributed by atoms with Crippen LogP contribution in [-0.2, 0) is 12.8 Å². The maximum atomic E-state index is 11.9. The molecule has 0 radical (unpaired) electrons. The number of aliphatic imine (C=N–C) groups is 1. The lowest BCUT2D eigenvalue weighted by Gasteiger charge is -2.44. The minimum atomic E-state index is -0.738. The molecule has 11 rings (SSSR count). The summed E-state index contributed by atoms with van der Waals surface area (Å²) in [5.74, 6) is 3.79. The van der Waals surface area contributed by atoms with Gasteiger partial charge in [-0.3, -0.25) is 14.5 Å². The van der Waals surface area contributed by atoms with E-state index in [2.05, 4.69) is 121 Å². The van der Waals surface area contributed by atoms with Crippen LogP contribution in [0.5, 0.6) is 5.75 Å². The van der Waals surface area contributed by atoms with Gasteiger partial charge in [0.2, 0.25) is 0 Å². The molecule has 3 atom stereocenters. The average Bonchev–Trinajstić information content (AvgIpc) is 4.04. The molecule has 7 heterocycles. The van der Waals surface area contributed by atoms with Crippen molar-refractivity contribution in [3.8, 4) is 10.8 Å². The summed E-state index contributed by atoms with van der Waals surface area (Å²) in [5.41, 5.74) is 9.41. The van der Waals surface area contributed by atoms with Gasteiger partial charge in [0.15, 0.2) is 17.5 Å². The summed E-state index contributed by atoms with van der Waals surface area (Å²) in [5, 5.41) is 42.0. The van der Waals surface area contributed by atoms with Gasteiger partial charge in [0.05, 0.1) is 29.6 Å². The molecule has 0 saturated carbocycles. The Morgan fingerprint density at radius 2 is 1.63 bits per heavy atom. The summed E-state index contributed by atoms with van der Waals surface area (Å²) in [4.78, 5) is 18.2. The third kappa shape index (κ3) is 7.91. The summed E-state index contributed by atoms with van der Waals surface area (Å²) in [6, 6.07) is 29.2. The maximum Gasteiger partial charge on any atom is 0.196 e. The second kappa shape index (κ2) is 17.0. The molecule has 0 amide bonds. The number of hydrogen-bond acceptors (Lipinski definition) is 13. The lowest BCUT2D eigenvalue weighted by Crippen LogP contribution is -2.55. The molecule has 0 unspecified atom stereocenters. The van der Waals surface area contributed by atoms with Crippen LogP contribution in [0.2, 0.25) is 0 Å². The summed E-state index contributed by atoms with van der Waals surface area (Å²) in [6.45, 7) is 12.0. The van der Waals surface area contributed by atoms with Crippen molar-refractivity contribution in [2.24, 2.45) is 4.99 Å². The van der Waals surface area contributed by atoms with Gasteiger partial charge in [0, 0.05) is 73.4 Å². The fourth-order valence-electron chi connectivity index (χ4n) is 10.7. The van der Waals surface area contributed by atoms with Crippen molar-refractivity contribution in [2.45, 2.75) is 76.4 Å². The maximum absolute atomic E-state index is 11.9. The molecule has 14 heteroatoms. The number of phenolic OH excluding ortho intramolecular Hbond substituents is 1. The van der Waals surface area contributed by atoms with Crippen LogP contribution in [0, 0.1) is 20.8 Å². The Balaban J connectivity index is 0.730. The average molecular weight is 887 g/mol. The Morgan fingerprint density at radius 3 is 2.37 bits per heavy atom. The number of piperidine rings is 1. The second-order valence-corrected chi connectivity index (χ2v) is 19.5. The molecule has 13 nitrogen and oxygen atoms in total. The van der Waals surface area contributed by atoms with Gasteiger partial charge in [0.1, 0.15) is 28.9 Å². The highest BCUT2D eigenvalue weighted by Gasteiger charge is 2.37. The number of nitrogens with zero attached hydrogens (tertiary/aromatic N) is 10. The van der Waals surface area contributed by atoms with Gasteiger partial charge in [-0.25, -0.2) is 4.98 Å². The van der Waals surface area contributed by atoms with E-state index in [1.54, 1.807) is 29.9 Å². The molecular weight excluding hydrogens is 833 g/mol. The van der Waals surface area contributed by atoms with E-state index >= 15 is 0 Å². The van der Waals surface area contributed by atoms with Gasteiger partial charge in [-0.15, -0.1) is 26.6 Å². The molecule has 4 aromatic heterocycles. The first-order chi connectivity index (χ1) is 31.7. The Morgan fingerprint density at radius 1 is 0.831 bits per heavy atom. The molecule has 65 heavy (non-hydrogen) atoms. The van der Waals surface area contributed by atoms with E-state index in [9.17, 15) is 10.2 Å². The molecule has 332 valence electrons. The van der Waals surface area contributed by atoms with E-state index < -0.39 is 5.60 Å². The van der Waals surface area contributed by atoms with E-state index in [-0.39, 0.29) is 17.9 Å². The number of hydrogen-bond donors (Lipinski definition) is 2. The first kappa shape index (κ1) is 41.5. The van der Waals surface area contributed by atoms with Crippen molar-refractivity contribution >= 4 is 28.6 Å². The third-order valence-corrected chi connectivity index (χ3v) is 15.5. The zero-order valence-corrected chi connectivity index (χ0v) is 38.0. The minimum Gasteiger partial charge on any atom is -0.508 e. The fourth-order valence-corrected chi connectivity index (χ4v) is 11.9. The smallest absolute Gasteiger partial charge is 0.196 e. The van der Waals surface area contributed by atoms with Crippen molar-refractivity contribution in [1.82, 2.24) is 34.8 Å². The predicted octanol–water partition coefficient (Wildman–Crippen LogP) is 7.89. The standard InChI is InChI=1S/C51H54N10O3S/c1-32-33(2)65-50-46(32)48(53-43(30-45-52-21-28-64-45)49-57-54-34(3)61(49)50)36-9-12-38(13-10-36)59-22-19-51(63,20-23-59)31-58-24-26-60(27-25-58)44-18-17-42(55-56-44)47-40(35-7-5-4-6-8-35)15-11-37-29-39(62)14-16-41(37)47/h4-10,12-14,16-18,21,28-29,40,43,47,62-63H,11,15,19-20,22-27,30-31H2,1-3H3/t40-,43+,47+/m1/s1. The number of aliphatic hydroxyl groups is 1. The summed E-state index contributed by atoms with van der Waals surface area (Å²) in [7, 11) is 0. The number of anilines is 2. The van der Waals surface area contributed by atoms with Crippen LogP contribution in [0.25, 0.3) is 5.00 Å². The highest BCUT2D eigenvalue weighted by Crippen LogP contribution is 2.47. The number of fused-ring (bicyclic) bond motifs is 4. The van der Waals surface area contributed by atoms with E-state index in [1.807, 2.05) is 13.0 Å². The number of β-amino-alcohol motifs (C(OH)–C–C–N with tert-alkyl or cyclic N) is 1. The molecule has 2 N–H and O–H groups in total. The number of piperazine rings is 1. The molecule has 3 aliphatic heterocycles. The first-order valence-electron chi connectivity index (χ1n) is 22.9. The van der Waals surface area contributed by atoms with Crippen LogP contribution in [0.15, 0.2) is 107 Å². The zero-order chi connectivity index (χ0) is 44.2. The highest BCUT2D eigenvalue weighted by atomic mass is 32.1. The Labute approximate surface area is 383 Å². The van der Waals surface area contributed by atoms with Crippen LogP contribution >= 0.6 is 11.3 Å². The number of aromatic nitrogens is 6. The van der Waals surface area contributed by atoms with Gasteiger partial charge in [-0.1, -0.05) is 48.5 Å². The highest BCUT2D eigenvalue weighted by molar-refractivity contribution is 7.15. The molecule has 7 aromatic rings. The van der Waals surface area contributed by atoms with Gasteiger partial charge < -0.3 is 24.4 Å². The molecule has 1 aliphatic carbocycles. The van der Waals surface area contributed by atoms with E-state index in [1.165, 1.54) is 27.1 Å². The lowest BCUT2D eigenvalue weighted by atomic mass is 9.70. The number of oxazole rings is 1. The Bertz CT molecular complexity index is 2820. The normalized spacial score (nSPS) is 20.7. The number of thiophene rings is 1. The van der Waals surface area contributed by atoms with Crippen molar-refractivity contribution in [1.29, 1.82) is 0 Å². The summed E-state index contributed by atoms with van der Waals surface area (Å²) in [6.07, 6.45) is 7.08. The van der Waals surface area contributed by atoms with Crippen molar-refractivity contribution < 1.29 is 14.6 Å². The van der Waals surface area contributed by atoms with Crippen LogP contribution in [0.3, 0.4) is 0 Å². The molecule has 0 spiro atoms. The first-order valence-corrected chi connectivity index (χ1v) is 23.7. The van der Waals surface area contributed by atoms with Gasteiger partial charge >= 0.3 is 0 Å². The minimum absolute atomic E-state index is 0.0661. The number of rotatable bonds is 9. The Kier molecular flexibility index (Phi) is 10.8. The van der Waals surface area contributed by atoms with Crippen molar-refractivity contribution in [3.63, 3.8) is 0 Å². The number of aryl methyl sites for hydroxylation is 3. The largest absolute Gasteiger partial charge is 0.508 e. The molecular formula is C51H54N10O3S. The van der Waals surface area contributed by atoms with Gasteiger partial charge in [-0.2, -0.15) is 5.10 Å². The second-order valence-electron chi connectivity index (χ2n) is 18.3. The summed E-state index contributed by atoms with van der Waals surface area (Å²) < 4.78 is 7.83. The molecule has 3 aromatic carbocycles. The molecule has 4 aliphatic rings. The lowest BCUT2D eigenvalue weighted by molar-refractivity contribution is -0.0173. The van der Waals surface area contributed by atoms with Crippen LogP contribution < -0.4 is 9.80 Å². The monoisotopic (exact) mass is 886 g/mol. The summed E-state index contributed by atoms with van der Waals surface area (Å²) >= 11 is 1.75. The van der Waals surface area contributed by atoms with Crippen LogP contribution in [0.4, 0.5) is 11.5 Å². The number of aromatic hydroxyl groups is 1. The SMILES string of the molecule is Cc1sc2c(c1C)C(c1ccc(N3CCC(O)(CN4CCN(c5ccc([C@@H]6c7ccc(O)cc7CC[C@@H]6c6ccccc6)nn5)CC4)CC3)cc1)=N[C@@H](Cc1ncco1)c1nnc(C)n1-2. The van der Waals surface area contributed by atoms with Gasteiger partial charge in [-0.05, 0) is 111 Å². The molecule has 2 saturated heterocycles. The van der Waals surface area contributed by atoms with E-state index in [4.69, 9.17) is 19.6 Å². The quantitative estimate of drug-likeness (QED) is 0.146. The van der Waals surface area contributed by atoms with Crippen molar-refractivity contribution in [2.75, 3.05) is 55.6 Å². The van der Waals surface area contributed by atoms with Crippen LogP contribution in [0.1, 0.15) is 98.6 Å². The zero-order valence-electron chi connectivity index (χ0n) is 37.1. The topological polar surface area (TPSA) is 145 Å². The number of benzene rings is 3. The van der Waals surface area contributed by atoms with Crippen molar-refractivity contribution in [3.05, 3.63) is 159 Å². The van der Waals surface area contributed by atoms with E-state index in [0.29, 0.717) is 37.4 Å². The third-order valence-electron chi connectivity index (χ3n) is 14.3. The predicted molar refractivity (Wildman–Crippen MR) is 253 cm³/mol. The number of phenols is 1. The van der Waals surface area contributed by atoms with Gasteiger partial charge in [0.25, 0.3) is 0 Å². The molecule has 2 fully saturated rings. The van der Waals surface area contributed by atoms with E-state index in [0.717, 1.165) is 103 Å². The molecule has 0 bridgehead atoms. The fraction of sp³-hybridized carbons (Fsp3) is 0.373.